The molecule has 1 radical (unpaired) electrons. The summed E-state index contributed by atoms with van der Waals surface area (Å²) in [5.41, 5.74) is 2.39. The maximum atomic E-state index is 9.99. The number of anilines is 2. The van der Waals surface area contributed by atoms with Gasteiger partial charge in [0.1, 0.15) is 6.61 Å². The number of para-hydroxylation sites is 1. The largest absolute Gasteiger partial charge is 0.379 e. The van der Waals surface area contributed by atoms with Crippen LogP contribution in [0.15, 0.2) is 36.4 Å². The molecule has 0 saturated carbocycles. The molecule has 2 rings (SSSR count). The Balaban J connectivity index is 1.86. The molecule has 0 spiro atoms. The molecule has 8 heteroatoms. The highest BCUT2D eigenvalue weighted by Gasteiger charge is 2.06. The predicted molar refractivity (Wildman–Crippen MR) is 92.5 cm³/mol. The minimum absolute atomic E-state index is 0.0760. The average molecular weight is 370 g/mol. The second-order valence-electron chi connectivity index (χ2n) is 4.75. The molecule has 0 unspecified atom stereocenters. The van der Waals surface area contributed by atoms with Gasteiger partial charge in [0.05, 0.1) is 28.9 Å². The summed E-state index contributed by atoms with van der Waals surface area (Å²) in [6.07, 6.45) is 0.651. The van der Waals surface area contributed by atoms with E-state index in [0.29, 0.717) is 28.8 Å². The second-order valence-corrected chi connectivity index (χ2v) is 5.57. The number of hydrogen-bond donors (Lipinski definition) is 1. The topological polar surface area (TPSA) is 73.6 Å². The van der Waals surface area contributed by atoms with E-state index in [2.05, 4.69) is 16.2 Å². The van der Waals surface area contributed by atoms with Crippen molar-refractivity contribution >= 4 is 34.6 Å². The fraction of sp³-hybridized carbons (Fsp3) is 0.250. The molecule has 1 N–H and O–H groups in total. The van der Waals surface area contributed by atoms with Gasteiger partial charge in [0.2, 0.25) is 0 Å². The lowest BCUT2D eigenvalue weighted by molar-refractivity contribution is -0.758. The van der Waals surface area contributed by atoms with E-state index >= 15 is 0 Å². The summed E-state index contributed by atoms with van der Waals surface area (Å²) in [5.74, 6) is 0. The summed E-state index contributed by atoms with van der Waals surface area (Å²) >= 11 is 12.3. The van der Waals surface area contributed by atoms with Crippen LogP contribution in [0.3, 0.4) is 0 Å². The Morgan fingerprint density at radius 2 is 1.92 bits per heavy atom. The SMILES string of the molecule is O=[N+]([O-])OCCOCCc1cc[c]c(Nc2c(Cl)cccc2Cl)c1. The number of benzene rings is 2. The molecule has 0 aliphatic carbocycles. The van der Waals surface area contributed by atoms with Gasteiger partial charge in [-0.2, -0.15) is 0 Å². The standard InChI is InChI=1S/C16H15Cl2N2O4/c17-14-5-2-6-15(18)16(14)19-13-4-1-3-12(11-13)7-8-23-9-10-24-20(21)22/h1-3,5-6,11,19H,7-10H2. The van der Waals surface area contributed by atoms with Crippen molar-refractivity contribution in [3.63, 3.8) is 0 Å². The summed E-state index contributed by atoms with van der Waals surface area (Å²) in [4.78, 5) is 14.1. The van der Waals surface area contributed by atoms with Crippen LogP contribution in [0.4, 0.5) is 11.4 Å². The van der Waals surface area contributed by atoms with Gasteiger partial charge in [-0.05, 0) is 30.2 Å². The first-order chi connectivity index (χ1) is 11.6. The number of halogens is 2. The van der Waals surface area contributed by atoms with Gasteiger partial charge in [-0.1, -0.05) is 41.4 Å². The number of rotatable bonds is 9. The third kappa shape index (κ3) is 5.88. The first kappa shape index (κ1) is 18.3. The zero-order chi connectivity index (χ0) is 17.4. The number of nitrogens with zero attached hydrogens (tertiary/aromatic N) is 1. The van der Waals surface area contributed by atoms with Crippen molar-refractivity contribution in [2.45, 2.75) is 6.42 Å². The fourth-order valence-electron chi connectivity index (χ4n) is 1.96. The Hall–Kier alpha value is -2.02. The van der Waals surface area contributed by atoms with Crippen LogP contribution in [-0.4, -0.2) is 24.9 Å². The number of ether oxygens (including phenoxy) is 1. The van der Waals surface area contributed by atoms with Gasteiger partial charge < -0.3 is 14.9 Å². The lowest BCUT2D eigenvalue weighted by atomic mass is 10.1. The Bertz CT molecular complexity index is 677. The molecule has 0 bridgehead atoms. The molecule has 0 heterocycles. The Morgan fingerprint density at radius 3 is 2.62 bits per heavy atom. The van der Waals surface area contributed by atoms with E-state index in [1.807, 2.05) is 12.1 Å². The van der Waals surface area contributed by atoms with Crippen LogP contribution in [0, 0.1) is 16.2 Å². The van der Waals surface area contributed by atoms with Gasteiger partial charge in [0.25, 0.3) is 5.09 Å². The van der Waals surface area contributed by atoms with Gasteiger partial charge >= 0.3 is 0 Å². The molecule has 0 aliphatic heterocycles. The van der Waals surface area contributed by atoms with E-state index in [9.17, 15) is 10.1 Å². The zero-order valence-electron chi connectivity index (χ0n) is 12.6. The van der Waals surface area contributed by atoms with Crippen molar-refractivity contribution in [1.29, 1.82) is 0 Å². The van der Waals surface area contributed by atoms with Gasteiger partial charge in [-0.15, -0.1) is 10.1 Å². The van der Waals surface area contributed by atoms with Crippen LogP contribution in [0.25, 0.3) is 0 Å². The van der Waals surface area contributed by atoms with E-state index < -0.39 is 5.09 Å². The molecule has 0 aliphatic rings. The fourth-order valence-corrected chi connectivity index (χ4v) is 2.45. The Labute approximate surface area is 149 Å². The van der Waals surface area contributed by atoms with Crippen molar-refractivity contribution < 1.29 is 14.7 Å². The van der Waals surface area contributed by atoms with E-state index in [4.69, 9.17) is 27.9 Å². The lowest BCUT2D eigenvalue weighted by Gasteiger charge is -2.11. The third-order valence-electron chi connectivity index (χ3n) is 3.05. The summed E-state index contributed by atoms with van der Waals surface area (Å²) in [5, 5.41) is 13.3. The molecule has 6 nitrogen and oxygen atoms in total. The molecular formula is C16H15Cl2N2O4. The average Bonchev–Trinajstić information content (AvgIpc) is 2.54. The molecular weight excluding hydrogens is 355 g/mol. The first-order valence-corrected chi connectivity index (χ1v) is 7.88. The predicted octanol–water partition coefficient (Wildman–Crippen LogP) is 4.30. The molecule has 0 amide bonds. The molecule has 0 fully saturated rings. The van der Waals surface area contributed by atoms with Crippen LogP contribution >= 0.6 is 23.2 Å². The van der Waals surface area contributed by atoms with Gasteiger partial charge in [0, 0.05) is 11.8 Å². The third-order valence-corrected chi connectivity index (χ3v) is 3.68. The van der Waals surface area contributed by atoms with Crippen molar-refractivity contribution in [1.82, 2.24) is 0 Å². The quantitative estimate of drug-likeness (QED) is 0.405. The first-order valence-electron chi connectivity index (χ1n) is 7.13. The lowest BCUT2D eigenvalue weighted by Crippen LogP contribution is -2.10. The molecule has 2 aromatic rings. The second kappa shape index (κ2) is 9.32. The van der Waals surface area contributed by atoms with Gasteiger partial charge in [0.15, 0.2) is 0 Å². The maximum absolute atomic E-state index is 9.99. The highest BCUT2D eigenvalue weighted by Crippen LogP contribution is 2.32. The molecule has 0 aromatic heterocycles. The van der Waals surface area contributed by atoms with Crippen LogP contribution in [0.1, 0.15) is 5.56 Å². The molecule has 0 atom stereocenters. The van der Waals surface area contributed by atoms with Gasteiger partial charge in [-0.3, -0.25) is 0 Å². The Morgan fingerprint density at radius 1 is 1.17 bits per heavy atom. The van der Waals surface area contributed by atoms with Crippen LogP contribution < -0.4 is 5.32 Å². The van der Waals surface area contributed by atoms with Crippen LogP contribution in [-0.2, 0) is 16.0 Å². The molecule has 127 valence electrons. The van der Waals surface area contributed by atoms with Crippen LogP contribution in [0.2, 0.25) is 10.0 Å². The number of hydrogen-bond acceptors (Lipinski definition) is 5. The van der Waals surface area contributed by atoms with Crippen LogP contribution in [0.5, 0.6) is 0 Å². The monoisotopic (exact) mass is 369 g/mol. The van der Waals surface area contributed by atoms with E-state index in [1.54, 1.807) is 24.3 Å². The number of nitrogens with one attached hydrogen (secondary N) is 1. The maximum Gasteiger partial charge on any atom is 0.294 e. The van der Waals surface area contributed by atoms with Crippen molar-refractivity contribution in [3.8, 4) is 0 Å². The highest BCUT2D eigenvalue weighted by molar-refractivity contribution is 6.39. The van der Waals surface area contributed by atoms with E-state index in [1.165, 1.54) is 0 Å². The summed E-state index contributed by atoms with van der Waals surface area (Å²) in [6.45, 7) is 0.519. The van der Waals surface area contributed by atoms with Crippen molar-refractivity contribution in [2.75, 3.05) is 25.1 Å². The minimum atomic E-state index is -0.839. The molecule has 0 saturated heterocycles. The Kier molecular flexibility index (Phi) is 7.11. The summed E-state index contributed by atoms with van der Waals surface area (Å²) < 4.78 is 5.28. The zero-order valence-corrected chi connectivity index (χ0v) is 14.1. The molecule has 2 aromatic carbocycles. The highest BCUT2D eigenvalue weighted by atomic mass is 35.5. The smallest absolute Gasteiger partial charge is 0.294 e. The normalized spacial score (nSPS) is 10.4. The van der Waals surface area contributed by atoms with Crippen molar-refractivity contribution in [3.05, 3.63) is 68.2 Å². The van der Waals surface area contributed by atoms with Crippen molar-refractivity contribution in [2.24, 2.45) is 0 Å². The molecule has 24 heavy (non-hydrogen) atoms. The van der Waals surface area contributed by atoms with E-state index in [0.717, 1.165) is 11.3 Å². The van der Waals surface area contributed by atoms with Gasteiger partial charge in [-0.25, -0.2) is 0 Å². The minimum Gasteiger partial charge on any atom is -0.379 e. The summed E-state index contributed by atoms with van der Waals surface area (Å²) in [6, 6.07) is 14.0. The van der Waals surface area contributed by atoms with E-state index in [-0.39, 0.29) is 13.2 Å². The summed E-state index contributed by atoms with van der Waals surface area (Å²) in [7, 11) is 0.